The third kappa shape index (κ3) is 4.06. The maximum absolute atomic E-state index is 13.1. The van der Waals surface area contributed by atoms with Crippen LogP contribution in [-0.4, -0.2) is 30.7 Å². The summed E-state index contributed by atoms with van der Waals surface area (Å²) in [5.41, 5.74) is 4.35. The number of nitrogens with zero attached hydrogens (tertiary/aromatic N) is 5. The van der Waals surface area contributed by atoms with Crippen molar-refractivity contribution in [3.05, 3.63) is 96.6 Å². The summed E-state index contributed by atoms with van der Waals surface area (Å²) in [4.78, 5) is 16.5. The fraction of sp³-hybridized carbons (Fsp3) is 0.0417. The van der Waals surface area contributed by atoms with Crippen LogP contribution in [0.2, 0.25) is 0 Å². The molecule has 5 rings (SSSR count). The molecule has 0 aliphatic carbocycles. The highest BCUT2D eigenvalue weighted by atomic mass is 19.1. The Balaban J connectivity index is 1.40. The summed E-state index contributed by atoms with van der Waals surface area (Å²) in [6.07, 6.45) is 3.56. The van der Waals surface area contributed by atoms with Crippen molar-refractivity contribution in [2.45, 2.75) is 6.42 Å². The average Bonchev–Trinajstić information content (AvgIpc) is 3.25. The van der Waals surface area contributed by atoms with Crippen molar-refractivity contribution in [1.29, 1.82) is 0 Å². The van der Waals surface area contributed by atoms with Crippen LogP contribution in [0, 0.1) is 5.82 Å². The number of rotatable bonds is 5. The SMILES string of the molecule is O=C(Cc1ccc(F)cc1)Nc1cccc(-c2ccc3nnc(-c4cccnc4)n3n2)c1. The topological polar surface area (TPSA) is 85.1 Å². The molecule has 1 N–H and O–H groups in total. The van der Waals surface area contributed by atoms with Gasteiger partial charge in [-0.2, -0.15) is 9.61 Å². The van der Waals surface area contributed by atoms with E-state index in [1.807, 2.05) is 48.5 Å². The van der Waals surface area contributed by atoms with Gasteiger partial charge in [0.1, 0.15) is 5.82 Å². The molecule has 0 spiro atoms. The molecule has 0 radical (unpaired) electrons. The number of nitrogens with one attached hydrogen (secondary N) is 1. The maximum Gasteiger partial charge on any atom is 0.228 e. The fourth-order valence-electron chi connectivity index (χ4n) is 3.37. The Morgan fingerprint density at radius 3 is 2.59 bits per heavy atom. The van der Waals surface area contributed by atoms with Crippen LogP contribution < -0.4 is 5.32 Å². The summed E-state index contributed by atoms with van der Waals surface area (Å²) in [7, 11) is 0. The smallest absolute Gasteiger partial charge is 0.228 e. The summed E-state index contributed by atoms with van der Waals surface area (Å²) in [5.74, 6) is 0.0830. The molecule has 2 aromatic carbocycles. The van der Waals surface area contributed by atoms with Crippen molar-refractivity contribution in [2.24, 2.45) is 0 Å². The highest BCUT2D eigenvalue weighted by Crippen LogP contribution is 2.23. The number of carbonyl (C=O) groups is 1. The zero-order valence-corrected chi connectivity index (χ0v) is 16.8. The Hall–Kier alpha value is -4.46. The molecule has 0 bridgehead atoms. The van der Waals surface area contributed by atoms with E-state index in [1.165, 1.54) is 12.1 Å². The van der Waals surface area contributed by atoms with Crippen LogP contribution in [0.4, 0.5) is 10.1 Å². The van der Waals surface area contributed by atoms with Crippen LogP contribution in [0.25, 0.3) is 28.3 Å². The molecule has 8 heteroatoms. The summed E-state index contributed by atoms with van der Waals surface area (Å²) in [6, 6.07) is 20.7. The monoisotopic (exact) mass is 424 g/mol. The van der Waals surface area contributed by atoms with E-state index in [-0.39, 0.29) is 18.1 Å². The molecule has 0 saturated carbocycles. The van der Waals surface area contributed by atoms with Crippen molar-refractivity contribution in [1.82, 2.24) is 24.8 Å². The van der Waals surface area contributed by atoms with Crippen molar-refractivity contribution < 1.29 is 9.18 Å². The summed E-state index contributed by atoms with van der Waals surface area (Å²) in [5, 5.41) is 16.0. The Kier molecular flexibility index (Phi) is 5.09. The van der Waals surface area contributed by atoms with Gasteiger partial charge >= 0.3 is 0 Å². The maximum atomic E-state index is 13.1. The number of carbonyl (C=O) groups excluding carboxylic acids is 1. The van der Waals surface area contributed by atoms with Crippen LogP contribution in [0.15, 0.2) is 85.2 Å². The lowest BCUT2D eigenvalue weighted by Crippen LogP contribution is -2.14. The number of aromatic nitrogens is 5. The number of hydrogen-bond acceptors (Lipinski definition) is 5. The summed E-state index contributed by atoms with van der Waals surface area (Å²) in [6.45, 7) is 0. The number of pyridine rings is 1. The molecule has 3 aromatic heterocycles. The molecule has 0 fully saturated rings. The predicted molar refractivity (Wildman–Crippen MR) is 118 cm³/mol. The second-order valence-electron chi connectivity index (χ2n) is 7.19. The number of benzene rings is 2. The molecule has 7 nitrogen and oxygen atoms in total. The van der Waals surface area contributed by atoms with E-state index in [1.54, 1.807) is 29.0 Å². The second kappa shape index (κ2) is 8.35. The molecule has 32 heavy (non-hydrogen) atoms. The van der Waals surface area contributed by atoms with Crippen LogP contribution in [-0.2, 0) is 11.2 Å². The molecule has 156 valence electrons. The van der Waals surface area contributed by atoms with E-state index in [9.17, 15) is 9.18 Å². The van der Waals surface area contributed by atoms with E-state index < -0.39 is 0 Å². The Labute approximate surface area is 182 Å². The first-order chi connectivity index (χ1) is 15.7. The van der Waals surface area contributed by atoms with E-state index >= 15 is 0 Å². The number of amides is 1. The second-order valence-corrected chi connectivity index (χ2v) is 7.19. The highest BCUT2D eigenvalue weighted by Gasteiger charge is 2.12. The largest absolute Gasteiger partial charge is 0.326 e. The van der Waals surface area contributed by atoms with Crippen LogP contribution in [0.3, 0.4) is 0 Å². The van der Waals surface area contributed by atoms with Crippen molar-refractivity contribution in [2.75, 3.05) is 5.32 Å². The first-order valence-corrected chi connectivity index (χ1v) is 9.93. The minimum absolute atomic E-state index is 0.157. The van der Waals surface area contributed by atoms with E-state index in [0.29, 0.717) is 22.9 Å². The van der Waals surface area contributed by atoms with Crippen LogP contribution in [0.5, 0.6) is 0 Å². The van der Waals surface area contributed by atoms with Crippen molar-refractivity contribution >= 4 is 17.2 Å². The van der Waals surface area contributed by atoms with Gasteiger partial charge < -0.3 is 5.32 Å². The number of anilines is 1. The fourth-order valence-corrected chi connectivity index (χ4v) is 3.37. The summed E-state index contributed by atoms with van der Waals surface area (Å²) >= 11 is 0. The number of halogens is 1. The van der Waals surface area contributed by atoms with Crippen molar-refractivity contribution in [3.63, 3.8) is 0 Å². The average molecular weight is 424 g/mol. The number of fused-ring (bicyclic) bond motifs is 1. The third-order valence-corrected chi connectivity index (χ3v) is 4.90. The van der Waals surface area contributed by atoms with Gasteiger partial charge in [-0.1, -0.05) is 24.3 Å². The minimum atomic E-state index is -0.328. The van der Waals surface area contributed by atoms with E-state index in [2.05, 4.69) is 20.5 Å². The van der Waals surface area contributed by atoms with Gasteiger partial charge in [0.2, 0.25) is 5.91 Å². The molecule has 1 amide bonds. The minimum Gasteiger partial charge on any atom is -0.326 e. The van der Waals surface area contributed by atoms with Crippen LogP contribution in [0.1, 0.15) is 5.56 Å². The molecule has 0 unspecified atom stereocenters. The zero-order valence-electron chi connectivity index (χ0n) is 16.8. The zero-order chi connectivity index (χ0) is 21.9. The van der Waals surface area contributed by atoms with Gasteiger partial charge in [-0.25, -0.2) is 4.39 Å². The molecule has 0 aliphatic heterocycles. The first-order valence-electron chi connectivity index (χ1n) is 9.93. The predicted octanol–water partition coefficient (Wildman–Crippen LogP) is 4.17. The lowest BCUT2D eigenvalue weighted by atomic mass is 10.1. The molecule has 0 saturated heterocycles. The van der Waals surface area contributed by atoms with Gasteiger partial charge in [0.05, 0.1) is 12.1 Å². The first kappa shape index (κ1) is 19.5. The number of hydrogen-bond donors (Lipinski definition) is 1. The molecule has 0 atom stereocenters. The van der Waals surface area contributed by atoms with Gasteiger partial charge in [0.25, 0.3) is 0 Å². The van der Waals surface area contributed by atoms with Gasteiger partial charge in [0, 0.05) is 29.2 Å². The quantitative estimate of drug-likeness (QED) is 0.458. The standard InChI is InChI=1S/C24H17FN6O/c25-19-8-6-16(7-9-19)13-23(32)27-20-5-1-3-17(14-20)21-10-11-22-28-29-24(31(22)30-21)18-4-2-12-26-15-18/h1-12,14-15H,13H2,(H,27,32). The van der Waals surface area contributed by atoms with Gasteiger partial charge in [-0.05, 0) is 54.1 Å². The van der Waals surface area contributed by atoms with Crippen LogP contribution >= 0.6 is 0 Å². The Morgan fingerprint density at radius 1 is 0.938 bits per heavy atom. The lowest BCUT2D eigenvalue weighted by Gasteiger charge is -2.08. The molecule has 3 heterocycles. The summed E-state index contributed by atoms with van der Waals surface area (Å²) < 4.78 is 14.7. The van der Waals surface area contributed by atoms with Gasteiger partial charge in [-0.15, -0.1) is 10.2 Å². The lowest BCUT2D eigenvalue weighted by molar-refractivity contribution is -0.115. The Bertz CT molecular complexity index is 1400. The molecular weight excluding hydrogens is 407 g/mol. The molecule has 5 aromatic rings. The molecule has 0 aliphatic rings. The highest BCUT2D eigenvalue weighted by molar-refractivity contribution is 5.92. The third-order valence-electron chi connectivity index (χ3n) is 4.90. The van der Waals surface area contributed by atoms with E-state index in [4.69, 9.17) is 5.10 Å². The van der Waals surface area contributed by atoms with Gasteiger partial charge in [0.15, 0.2) is 11.5 Å². The van der Waals surface area contributed by atoms with Gasteiger partial charge in [-0.3, -0.25) is 9.78 Å². The van der Waals surface area contributed by atoms with E-state index in [0.717, 1.165) is 16.7 Å². The molecular formula is C24H17FN6O. The Morgan fingerprint density at radius 2 is 1.78 bits per heavy atom. The van der Waals surface area contributed by atoms with Crippen molar-refractivity contribution in [3.8, 4) is 22.6 Å². The normalized spacial score (nSPS) is 10.9.